The number of aryl methyl sites for hydroxylation is 1. The fourth-order valence-electron chi connectivity index (χ4n) is 0.855. The Morgan fingerprint density at radius 1 is 1.69 bits per heavy atom. The molecule has 0 spiro atoms. The van der Waals surface area contributed by atoms with Gasteiger partial charge in [0.2, 0.25) is 5.91 Å². The Labute approximate surface area is 81.4 Å². The number of rotatable bonds is 4. The topological polar surface area (TPSA) is 54.0 Å². The summed E-state index contributed by atoms with van der Waals surface area (Å²) in [6.07, 6.45) is 0. The van der Waals surface area contributed by atoms with E-state index in [0.29, 0.717) is 13.1 Å². The van der Waals surface area contributed by atoms with Crippen LogP contribution >= 0.6 is 11.3 Å². The third-order valence-corrected chi connectivity index (χ3v) is 2.47. The number of carbonyl (C=O) groups excluding carboxylic acids is 1. The van der Waals surface area contributed by atoms with Crippen LogP contribution in [0.25, 0.3) is 0 Å². The Bertz CT molecular complexity index is 285. The minimum absolute atomic E-state index is 0.00622. The van der Waals surface area contributed by atoms with Gasteiger partial charge >= 0.3 is 0 Å². The lowest BCUT2D eigenvalue weighted by Crippen LogP contribution is -2.30. The number of hydrogen-bond donors (Lipinski definition) is 2. The molecule has 0 aliphatic carbocycles. The number of amides is 1. The largest absolute Gasteiger partial charge is 0.358 e. The molecule has 0 aromatic carbocycles. The Kier molecular flexibility index (Phi) is 3.85. The highest BCUT2D eigenvalue weighted by Crippen LogP contribution is 2.07. The summed E-state index contributed by atoms with van der Waals surface area (Å²) < 4.78 is 0. The van der Waals surface area contributed by atoms with Crippen LogP contribution in [0.5, 0.6) is 0 Å². The van der Waals surface area contributed by atoms with E-state index in [0.717, 1.165) is 10.7 Å². The van der Waals surface area contributed by atoms with E-state index in [1.165, 1.54) is 0 Å². The molecule has 0 bridgehead atoms. The van der Waals surface area contributed by atoms with E-state index in [9.17, 15) is 4.79 Å². The standard InChI is InChI=1S/C8H13N3OS/c1-6-5-13-8(11-6)4-10-3-7(12)9-2/h5,10H,3-4H2,1-2H3,(H,9,12). The number of nitrogens with zero attached hydrogens (tertiary/aromatic N) is 1. The van der Waals surface area contributed by atoms with Gasteiger partial charge in [-0.15, -0.1) is 11.3 Å². The summed E-state index contributed by atoms with van der Waals surface area (Å²) in [6, 6.07) is 0. The molecule has 5 heteroatoms. The molecular weight excluding hydrogens is 186 g/mol. The van der Waals surface area contributed by atoms with Gasteiger partial charge in [-0.3, -0.25) is 4.79 Å². The lowest BCUT2D eigenvalue weighted by Gasteiger charge is -2.00. The zero-order valence-electron chi connectivity index (χ0n) is 7.76. The van der Waals surface area contributed by atoms with Crippen LogP contribution in [0.2, 0.25) is 0 Å². The zero-order chi connectivity index (χ0) is 9.68. The minimum atomic E-state index is -0.00622. The van der Waals surface area contributed by atoms with Crippen molar-refractivity contribution in [1.82, 2.24) is 15.6 Å². The first-order valence-electron chi connectivity index (χ1n) is 4.04. The van der Waals surface area contributed by atoms with Gasteiger partial charge in [0.15, 0.2) is 0 Å². The van der Waals surface area contributed by atoms with Gasteiger partial charge in [0.25, 0.3) is 0 Å². The number of thiazole rings is 1. The molecule has 0 fully saturated rings. The molecule has 0 saturated heterocycles. The predicted molar refractivity (Wildman–Crippen MR) is 52.6 cm³/mol. The lowest BCUT2D eigenvalue weighted by atomic mass is 10.5. The van der Waals surface area contributed by atoms with Crippen LogP contribution in [-0.2, 0) is 11.3 Å². The van der Waals surface area contributed by atoms with Gasteiger partial charge in [-0.25, -0.2) is 4.98 Å². The number of carbonyl (C=O) groups is 1. The van der Waals surface area contributed by atoms with Gasteiger partial charge < -0.3 is 10.6 Å². The smallest absolute Gasteiger partial charge is 0.233 e. The van der Waals surface area contributed by atoms with Crippen molar-refractivity contribution in [3.05, 3.63) is 16.1 Å². The van der Waals surface area contributed by atoms with E-state index in [4.69, 9.17) is 0 Å². The molecule has 0 radical (unpaired) electrons. The molecule has 13 heavy (non-hydrogen) atoms. The Balaban J connectivity index is 2.24. The molecule has 2 N–H and O–H groups in total. The summed E-state index contributed by atoms with van der Waals surface area (Å²) in [5.41, 5.74) is 1.03. The molecule has 72 valence electrons. The monoisotopic (exact) mass is 199 g/mol. The SMILES string of the molecule is CNC(=O)CNCc1nc(C)cs1. The van der Waals surface area contributed by atoms with Crippen molar-refractivity contribution in [3.63, 3.8) is 0 Å². The van der Waals surface area contributed by atoms with Crippen LogP contribution in [-0.4, -0.2) is 24.5 Å². The van der Waals surface area contributed by atoms with E-state index >= 15 is 0 Å². The number of hydrogen-bond acceptors (Lipinski definition) is 4. The summed E-state index contributed by atoms with van der Waals surface area (Å²) in [6.45, 7) is 2.96. The highest BCUT2D eigenvalue weighted by molar-refractivity contribution is 7.09. The maximum Gasteiger partial charge on any atom is 0.233 e. The second-order valence-corrected chi connectivity index (χ2v) is 3.60. The van der Waals surface area contributed by atoms with Crippen molar-refractivity contribution in [3.8, 4) is 0 Å². The average Bonchev–Trinajstić information content (AvgIpc) is 2.51. The van der Waals surface area contributed by atoms with Gasteiger partial charge in [0.05, 0.1) is 6.54 Å². The predicted octanol–water partition coefficient (Wildman–Crippen LogP) is 0.287. The van der Waals surface area contributed by atoms with Gasteiger partial charge in [-0.2, -0.15) is 0 Å². The minimum Gasteiger partial charge on any atom is -0.358 e. The number of aromatic nitrogens is 1. The normalized spacial score (nSPS) is 10.0. The fraction of sp³-hybridized carbons (Fsp3) is 0.500. The molecule has 0 aliphatic heterocycles. The first-order chi connectivity index (χ1) is 6.22. The second kappa shape index (κ2) is 4.94. The van der Waals surface area contributed by atoms with E-state index in [2.05, 4.69) is 15.6 Å². The molecule has 1 heterocycles. The van der Waals surface area contributed by atoms with Crippen LogP contribution in [0.4, 0.5) is 0 Å². The molecular formula is C8H13N3OS. The first-order valence-corrected chi connectivity index (χ1v) is 4.92. The number of likely N-dealkylation sites (N-methyl/N-ethyl adjacent to an activating group) is 1. The van der Waals surface area contributed by atoms with Crippen LogP contribution in [0.3, 0.4) is 0 Å². The Morgan fingerprint density at radius 2 is 2.46 bits per heavy atom. The molecule has 1 aromatic heterocycles. The molecule has 0 atom stereocenters. The average molecular weight is 199 g/mol. The van der Waals surface area contributed by atoms with Gasteiger partial charge in [-0.1, -0.05) is 0 Å². The lowest BCUT2D eigenvalue weighted by molar-refractivity contribution is -0.119. The quantitative estimate of drug-likeness (QED) is 0.732. The van der Waals surface area contributed by atoms with Crippen molar-refractivity contribution in [2.75, 3.05) is 13.6 Å². The van der Waals surface area contributed by atoms with Crippen LogP contribution < -0.4 is 10.6 Å². The molecule has 1 rings (SSSR count). The van der Waals surface area contributed by atoms with Crippen molar-refractivity contribution < 1.29 is 4.79 Å². The van der Waals surface area contributed by atoms with E-state index in [-0.39, 0.29) is 5.91 Å². The second-order valence-electron chi connectivity index (χ2n) is 2.66. The van der Waals surface area contributed by atoms with Crippen LogP contribution in [0.1, 0.15) is 10.7 Å². The van der Waals surface area contributed by atoms with Gasteiger partial charge in [0, 0.05) is 24.7 Å². The molecule has 1 aromatic rings. The van der Waals surface area contributed by atoms with Gasteiger partial charge in [-0.05, 0) is 6.92 Å². The molecule has 4 nitrogen and oxygen atoms in total. The van der Waals surface area contributed by atoms with Gasteiger partial charge in [0.1, 0.15) is 5.01 Å². The van der Waals surface area contributed by atoms with E-state index < -0.39 is 0 Å². The Morgan fingerprint density at radius 3 is 3.00 bits per heavy atom. The highest BCUT2D eigenvalue weighted by atomic mass is 32.1. The third-order valence-electron chi connectivity index (χ3n) is 1.51. The summed E-state index contributed by atoms with van der Waals surface area (Å²) in [5.74, 6) is -0.00622. The van der Waals surface area contributed by atoms with Crippen LogP contribution in [0.15, 0.2) is 5.38 Å². The van der Waals surface area contributed by atoms with Crippen molar-refractivity contribution >= 4 is 17.2 Å². The molecule has 0 unspecified atom stereocenters. The maximum atomic E-state index is 10.8. The fourth-order valence-corrected chi connectivity index (χ4v) is 1.60. The van der Waals surface area contributed by atoms with Crippen molar-refractivity contribution in [1.29, 1.82) is 0 Å². The molecule has 0 saturated carbocycles. The highest BCUT2D eigenvalue weighted by Gasteiger charge is 1.99. The van der Waals surface area contributed by atoms with Crippen molar-refractivity contribution in [2.24, 2.45) is 0 Å². The first kappa shape index (κ1) is 10.1. The van der Waals surface area contributed by atoms with Crippen LogP contribution in [0, 0.1) is 6.92 Å². The molecule has 1 amide bonds. The third kappa shape index (κ3) is 3.52. The van der Waals surface area contributed by atoms with Crippen molar-refractivity contribution in [2.45, 2.75) is 13.5 Å². The zero-order valence-corrected chi connectivity index (χ0v) is 8.57. The number of nitrogens with one attached hydrogen (secondary N) is 2. The summed E-state index contributed by atoms with van der Waals surface area (Å²) in [5, 5.41) is 8.55. The maximum absolute atomic E-state index is 10.8. The summed E-state index contributed by atoms with van der Waals surface area (Å²) in [7, 11) is 1.62. The van der Waals surface area contributed by atoms with E-state index in [1.54, 1.807) is 18.4 Å². The summed E-state index contributed by atoms with van der Waals surface area (Å²) >= 11 is 1.60. The summed E-state index contributed by atoms with van der Waals surface area (Å²) in [4.78, 5) is 15.1. The van der Waals surface area contributed by atoms with E-state index in [1.807, 2.05) is 12.3 Å². The molecule has 0 aliphatic rings. The Hall–Kier alpha value is -0.940.